The maximum absolute atomic E-state index is 12.8. The largest absolute Gasteiger partial charge is 0.492 e. The summed E-state index contributed by atoms with van der Waals surface area (Å²) in [6.45, 7) is 2.26. The molecule has 2 N–H and O–H groups in total. The number of amides is 1. The van der Waals surface area contributed by atoms with Crippen molar-refractivity contribution in [2.45, 2.75) is 25.3 Å². The highest BCUT2D eigenvalue weighted by Crippen LogP contribution is 2.38. The number of hydrogen-bond donors (Lipinski definition) is 1. The summed E-state index contributed by atoms with van der Waals surface area (Å²) in [7, 11) is 0. The van der Waals surface area contributed by atoms with E-state index in [1.165, 1.54) is 6.42 Å². The summed E-state index contributed by atoms with van der Waals surface area (Å²) in [5, 5.41) is 0. The maximum atomic E-state index is 12.8. The minimum Gasteiger partial charge on any atom is -0.492 e. The van der Waals surface area contributed by atoms with Gasteiger partial charge in [0.15, 0.2) is 0 Å². The zero-order chi connectivity index (χ0) is 14.4. The first-order valence-electron chi connectivity index (χ1n) is 7.97. The number of hydrogen-bond acceptors (Lipinski definition) is 3. The van der Waals surface area contributed by atoms with Gasteiger partial charge in [-0.2, -0.15) is 0 Å². The topological polar surface area (TPSA) is 55.6 Å². The van der Waals surface area contributed by atoms with Gasteiger partial charge in [-0.3, -0.25) is 4.79 Å². The summed E-state index contributed by atoms with van der Waals surface area (Å²) in [4.78, 5) is 14.8. The summed E-state index contributed by atoms with van der Waals surface area (Å²) in [6.07, 6.45) is 3.10. The van der Waals surface area contributed by atoms with Crippen LogP contribution in [0.3, 0.4) is 0 Å². The molecule has 2 fully saturated rings. The lowest BCUT2D eigenvalue weighted by molar-refractivity contribution is -0.136. The van der Waals surface area contributed by atoms with E-state index < -0.39 is 0 Å². The molecule has 0 spiro atoms. The van der Waals surface area contributed by atoms with Crippen LogP contribution in [0.15, 0.2) is 24.3 Å². The lowest BCUT2D eigenvalue weighted by Gasteiger charge is -2.28. The number of para-hydroxylation sites is 1. The molecule has 1 aliphatic carbocycles. The van der Waals surface area contributed by atoms with Crippen molar-refractivity contribution in [2.75, 3.05) is 19.7 Å². The highest BCUT2D eigenvalue weighted by molar-refractivity contribution is 5.85. The Kier molecular flexibility index (Phi) is 4.33. The van der Waals surface area contributed by atoms with Crippen LogP contribution in [-0.2, 0) is 11.2 Å². The molecule has 3 aliphatic rings. The molecule has 4 atom stereocenters. The van der Waals surface area contributed by atoms with Crippen LogP contribution in [0.1, 0.15) is 18.4 Å². The second-order valence-corrected chi connectivity index (χ2v) is 6.73. The smallest absolute Gasteiger partial charge is 0.229 e. The first-order valence-corrected chi connectivity index (χ1v) is 7.97. The number of halogens is 1. The van der Waals surface area contributed by atoms with Crippen LogP contribution in [-0.4, -0.2) is 36.5 Å². The molecule has 0 aromatic heterocycles. The molecule has 2 aliphatic heterocycles. The third-order valence-electron chi connectivity index (χ3n) is 5.45. The van der Waals surface area contributed by atoms with Gasteiger partial charge >= 0.3 is 0 Å². The molecule has 120 valence electrons. The Morgan fingerprint density at radius 1 is 1.23 bits per heavy atom. The normalized spacial score (nSPS) is 32.7. The SMILES string of the molecule is Cl.NC1CCC2CN(C(=O)C3COc4ccccc4C3)CC12. The number of fused-ring (bicyclic) bond motifs is 2. The molecule has 1 amide bonds. The number of nitrogens with zero attached hydrogens (tertiary/aromatic N) is 1. The van der Waals surface area contributed by atoms with Crippen LogP contribution >= 0.6 is 12.4 Å². The van der Waals surface area contributed by atoms with Crippen molar-refractivity contribution in [3.8, 4) is 5.75 Å². The molecular weight excluding hydrogens is 300 g/mol. The van der Waals surface area contributed by atoms with Crippen molar-refractivity contribution in [2.24, 2.45) is 23.5 Å². The van der Waals surface area contributed by atoms with E-state index in [0.29, 0.717) is 18.4 Å². The van der Waals surface area contributed by atoms with Gasteiger partial charge in [0.2, 0.25) is 5.91 Å². The quantitative estimate of drug-likeness (QED) is 0.858. The third-order valence-corrected chi connectivity index (χ3v) is 5.45. The third kappa shape index (κ3) is 2.59. The van der Waals surface area contributed by atoms with Gasteiger partial charge < -0.3 is 15.4 Å². The number of rotatable bonds is 1. The molecule has 1 aromatic carbocycles. The van der Waals surface area contributed by atoms with Gasteiger partial charge in [-0.25, -0.2) is 0 Å². The van der Waals surface area contributed by atoms with E-state index in [0.717, 1.165) is 37.2 Å². The zero-order valence-electron chi connectivity index (χ0n) is 12.6. The Morgan fingerprint density at radius 2 is 2.05 bits per heavy atom. The van der Waals surface area contributed by atoms with Gasteiger partial charge in [0.1, 0.15) is 12.4 Å². The molecule has 1 saturated heterocycles. The van der Waals surface area contributed by atoms with Gasteiger partial charge in [-0.05, 0) is 42.7 Å². The Labute approximate surface area is 137 Å². The van der Waals surface area contributed by atoms with Crippen LogP contribution in [0.2, 0.25) is 0 Å². The standard InChI is InChI=1S/C17H22N2O2.ClH/c18-15-6-5-12-8-19(9-14(12)15)17(20)13-7-11-3-1-2-4-16(11)21-10-13;/h1-4,12-15H,5-10,18H2;1H. The highest BCUT2D eigenvalue weighted by Gasteiger charge is 2.44. The van der Waals surface area contributed by atoms with Gasteiger partial charge in [-0.15, -0.1) is 12.4 Å². The Balaban J connectivity index is 0.00000144. The second-order valence-electron chi connectivity index (χ2n) is 6.73. The van der Waals surface area contributed by atoms with E-state index in [4.69, 9.17) is 10.5 Å². The van der Waals surface area contributed by atoms with Crippen LogP contribution in [0.5, 0.6) is 5.75 Å². The monoisotopic (exact) mass is 322 g/mol. The number of ether oxygens (including phenoxy) is 1. The van der Waals surface area contributed by atoms with Gasteiger partial charge in [0, 0.05) is 19.1 Å². The van der Waals surface area contributed by atoms with Crippen molar-refractivity contribution in [3.05, 3.63) is 29.8 Å². The number of benzene rings is 1. The average Bonchev–Trinajstić information content (AvgIpc) is 3.08. The fourth-order valence-electron chi connectivity index (χ4n) is 4.23. The molecule has 1 saturated carbocycles. The summed E-state index contributed by atoms with van der Waals surface area (Å²) >= 11 is 0. The maximum Gasteiger partial charge on any atom is 0.229 e. The van der Waals surface area contributed by atoms with Crippen molar-refractivity contribution >= 4 is 18.3 Å². The molecule has 4 unspecified atom stereocenters. The zero-order valence-corrected chi connectivity index (χ0v) is 13.4. The van der Waals surface area contributed by atoms with E-state index >= 15 is 0 Å². The molecule has 4 rings (SSSR count). The molecule has 4 nitrogen and oxygen atoms in total. The summed E-state index contributed by atoms with van der Waals surface area (Å²) in [5.74, 6) is 2.30. The molecular formula is C17H23ClN2O2. The Bertz CT molecular complexity index is 565. The van der Waals surface area contributed by atoms with E-state index in [-0.39, 0.29) is 30.3 Å². The van der Waals surface area contributed by atoms with Gasteiger partial charge in [0.05, 0.1) is 5.92 Å². The van der Waals surface area contributed by atoms with Crippen LogP contribution in [0.4, 0.5) is 0 Å². The minimum absolute atomic E-state index is 0. The molecule has 5 heteroatoms. The van der Waals surface area contributed by atoms with E-state index in [1.807, 2.05) is 23.1 Å². The molecule has 1 aromatic rings. The van der Waals surface area contributed by atoms with Crippen molar-refractivity contribution in [1.82, 2.24) is 4.90 Å². The highest BCUT2D eigenvalue weighted by atomic mass is 35.5. The molecule has 0 radical (unpaired) electrons. The Hall–Kier alpha value is -1.26. The molecule has 22 heavy (non-hydrogen) atoms. The number of carbonyl (C=O) groups is 1. The van der Waals surface area contributed by atoms with Crippen LogP contribution < -0.4 is 10.5 Å². The Morgan fingerprint density at radius 3 is 2.86 bits per heavy atom. The van der Waals surface area contributed by atoms with E-state index in [9.17, 15) is 4.79 Å². The predicted octanol–water partition coefficient (Wildman–Crippen LogP) is 1.86. The fraction of sp³-hybridized carbons (Fsp3) is 0.588. The van der Waals surface area contributed by atoms with E-state index in [2.05, 4.69) is 6.07 Å². The summed E-state index contributed by atoms with van der Waals surface area (Å²) < 4.78 is 5.76. The van der Waals surface area contributed by atoms with Gasteiger partial charge in [-0.1, -0.05) is 18.2 Å². The predicted molar refractivity (Wildman–Crippen MR) is 87.1 cm³/mol. The number of likely N-dealkylation sites (tertiary alicyclic amines) is 1. The lowest BCUT2D eigenvalue weighted by atomic mass is 9.95. The molecule has 0 bridgehead atoms. The summed E-state index contributed by atoms with van der Waals surface area (Å²) in [6, 6.07) is 8.31. The summed E-state index contributed by atoms with van der Waals surface area (Å²) in [5.41, 5.74) is 7.31. The van der Waals surface area contributed by atoms with Gasteiger partial charge in [0.25, 0.3) is 0 Å². The number of nitrogens with two attached hydrogens (primary N) is 1. The number of carbonyl (C=O) groups excluding carboxylic acids is 1. The van der Waals surface area contributed by atoms with Crippen LogP contribution in [0.25, 0.3) is 0 Å². The van der Waals surface area contributed by atoms with Crippen molar-refractivity contribution in [1.29, 1.82) is 0 Å². The first-order chi connectivity index (χ1) is 10.2. The fourth-order valence-corrected chi connectivity index (χ4v) is 4.23. The van der Waals surface area contributed by atoms with Crippen molar-refractivity contribution in [3.63, 3.8) is 0 Å². The van der Waals surface area contributed by atoms with Crippen LogP contribution in [0, 0.1) is 17.8 Å². The molecule has 2 heterocycles. The second kappa shape index (κ2) is 6.09. The lowest BCUT2D eigenvalue weighted by Crippen LogP contribution is -2.41. The minimum atomic E-state index is -0.0325. The average molecular weight is 323 g/mol. The first kappa shape index (κ1) is 15.6. The van der Waals surface area contributed by atoms with Crippen molar-refractivity contribution < 1.29 is 9.53 Å². The van der Waals surface area contributed by atoms with E-state index in [1.54, 1.807) is 0 Å².